The number of pyridine rings is 1. The Hall–Kier alpha value is -2.31. The number of methoxy groups -OCH3 is 1. The summed E-state index contributed by atoms with van der Waals surface area (Å²) in [5.41, 5.74) is 0.901. The molecule has 2 heterocycles. The van der Waals surface area contributed by atoms with Crippen LogP contribution in [0.2, 0.25) is 0 Å². The van der Waals surface area contributed by atoms with Crippen molar-refractivity contribution in [1.82, 2.24) is 9.88 Å². The summed E-state index contributed by atoms with van der Waals surface area (Å²) in [6.07, 6.45) is 2.40. The van der Waals surface area contributed by atoms with Crippen molar-refractivity contribution >= 4 is 17.7 Å². The molecule has 2 amide bonds. The van der Waals surface area contributed by atoms with E-state index >= 15 is 0 Å². The van der Waals surface area contributed by atoms with Crippen LogP contribution in [0.1, 0.15) is 18.4 Å². The standard InChI is InChI=1S/C13H17N3O4/c1-20-12-9(6-10(8-14-12)15-13(18)19)7-11(17)16-4-2-3-5-16/h6,8,15H,2-5,7H2,1H3,(H,18,19). The van der Waals surface area contributed by atoms with E-state index in [9.17, 15) is 9.59 Å². The van der Waals surface area contributed by atoms with Gasteiger partial charge in [-0.1, -0.05) is 0 Å². The van der Waals surface area contributed by atoms with E-state index in [2.05, 4.69) is 10.3 Å². The Labute approximate surface area is 116 Å². The second-order valence-corrected chi connectivity index (χ2v) is 4.59. The lowest BCUT2D eigenvalue weighted by atomic mass is 10.1. The molecule has 0 spiro atoms. The Kier molecular flexibility index (Phi) is 4.39. The van der Waals surface area contributed by atoms with Crippen LogP contribution in [0, 0.1) is 0 Å². The molecule has 0 aliphatic carbocycles. The van der Waals surface area contributed by atoms with Gasteiger partial charge in [0.2, 0.25) is 11.8 Å². The molecule has 7 heteroatoms. The van der Waals surface area contributed by atoms with E-state index < -0.39 is 6.09 Å². The molecule has 0 atom stereocenters. The minimum atomic E-state index is -1.17. The average Bonchev–Trinajstić information content (AvgIpc) is 2.92. The van der Waals surface area contributed by atoms with Gasteiger partial charge in [-0.15, -0.1) is 0 Å². The second kappa shape index (κ2) is 6.23. The number of nitrogens with one attached hydrogen (secondary N) is 1. The lowest BCUT2D eigenvalue weighted by Gasteiger charge is -2.16. The number of aromatic nitrogens is 1. The smallest absolute Gasteiger partial charge is 0.409 e. The largest absolute Gasteiger partial charge is 0.481 e. The lowest BCUT2D eigenvalue weighted by molar-refractivity contribution is -0.129. The normalized spacial score (nSPS) is 14.2. The Morgan fingerprint density at radius 3 is 2.75 bits per heavy atom. The first-order valence-corrected chi connectivity index (χ1v) is 6.41. The number of anilines is 1. The molecule has 2 N–H and O–H groups in total. The zero-order valence-electron chi connectivity index (χ0n) is 11.3. The molecular formula is C13H17N3O4. The van der Waals surface area contributed by atoms with E-state index in [0.29, 0.717) is 17.1 Å². The van der Waals surface area contributed by atoms with Gasteiger partial charge in [0.15, 0.2) is 0 Å². The summed E-state index contributed by atoms with van der Waals surface area (Å²) in [7, 11) is 1.47. The maximum Gasteiger partial charge on any atom is 0.409 e. The summed E-state index contributed by atoms with van der Waals surface area (Å²) in [6, 6.07) is 1.58. The third-order valence-corrected chi connectivity index (χ3v) is 3.17. The molecule has 0 saturated carbocycles. The first kappa shape index (κ1) is 14.1. The number of likely N-dealkylation sites (tertiary alicyclic amines) is 1. The third-order valence-electron chi connectivity index (χ3n) is 3.17. The molecule has 0 unspecified atom stereocenters. The van der Waals surface area contributed by atoms with Crippen molar-refractivity contribution in [2.45, 2.75) is 19.3 Å². The van der Waals surface area contributed by atoms with Crippen LogP contribution in [-0.2, 0) is 11.2 Å². The number of hydrogen-bond donors (Lipinski definition) is 2. The van der Waals surface area contributed by atoms with Gasteiger partial charge in [0.05, 0.1) is 25.4 Å². The van der Waals surface area contributed by atoms with Gasteiger partial charge in [-0.2, -0.15) is 0 Å². The molecule has 0 radical (unpaired) electrons. The fourth-order valence-corrected chi connectivity index (χ4v) is 2.24. The van der Waals surface area contributed by atoms with E-state index in [1.165, 1.54) is 13.3 Å². The molecule has 1 fully saturated rings. The van der Waals surface area contributed by atoms with Crippen LogP contribution in [0.4, 0.5) is 10.5 Å². The SMILES string of the molecule is COc1ncc(NC(=O)O)cc1CC(=O)N1CCCC1. The van der Waals surface area contributed by atoms with Gasteiger partial charge >= 0.3 is 6.09 Å². The highest BCUT2D eigenvalue weighted by atomic mass is 16.5. The Morgan fingerprint density at radius 2 is 2.15 bits per heavy atom. The number of ether oxygens (including phenoxy) is 1. The number of rotatable bonds is 4. The second-order valence-electron chi connectivity index (χ2n) is 4.59. The minimum Gasteiger partial charge on any atom is -0.481 e. The third kappa shape index (κ3) is 3.37. The van der Waals surface area contributed by atoms with Crippen molar-refractivity contribution in [3.8, 4) is 5.88 Å². The van der Waals surface area contributed by atoms with Gasteiger partial charge < -0.3 is 14.7 Å². The highest BCUT2D eigenvalue weighted by Gasteiger charge is 2.20. The van der Waals surface area contributed by atoms with Crippen LogP contribution in [-0.4, -0.2) is 47.2 Å². The number of carboxylic acid groups (broad SMARTS) is 1. The molecule has 108 valence electrons. The predicted molar refractivity (Wildman–Crippen MR) is 72.0 cm³/mol. The number of hydrogen-bond acceptors (Lipinski definition) is 4. The highest BCUT2D eigenvalue weighted by Crippen LogP contribution is 2.21. The maximum absolute atomic E-state index is 12.1. The van der Waals surface area contributed by atoms with Crippen LogP contribution in [0.15, 0.2) is 12.3 Å². The molecule has 1 aliphatic heterocycles. The quantitative estimate of drug-likeness (QED) is 0.868. The van der Waals surface area contributed by atoms with Gasteiger partial charge in [-0.3, -0.25) is 10.1 Å². The van der Waals surface area contributed by atoms with E-state index in [-0.39, 0.29) is 12.3 Å². The molecule has 1 aromatic heterocycles. The zero-order chi connectivity index (χ0) is 14.5. The topological polar surface area (TPSA) is 91.8 Å². The number of carbonyl (C=O) groups is 2. The maximum atomic E-state index is 12.1. The van der Waals surface area contributed by atoms with E-state index in [4.69, 9.17) is 9.84 Å². The molecule has 2 rings (SSSR count). The van der Waals surface area contributed by atoms with Crippen molar-refractivity contribution in [2.75, 3.05) is 25.5 Å². The molecular weight excluding hydrogens is 262 g/mol. The monoisotopic (exact) mass is 279 g/mol. The van der Waals surface area contributed by atoms with E-state index in [1.54, 1.807) is 11.0 Å². The Bertz CT molecular complexity index is 512. The fourth-order valence-electron chi connectivity index (χ4n) is 2.24. The molecule has 20 heavy (non-hydrogen) atoms. The molecule has 0 bridgehead atoms. The molecule has 7 nitrogen and oxygen atoms in total. The van der Waals surface area contributed by atoms with Crippen LogP contribution in [0.25, 0.3) is 0 Å². The summed E-state index contributed by atoms with van der Waals surface area (Å²) < 4.78 is 5.11. The van der Waals surface area contributed by atoms with Crippen LogP contribution in [0.5, 0.6) is 5.88 Å². The predicted octanol–water partition coefficient (Wildman–Crippen LogP) is 1.34. The Morgan fingerprint density at radius 1 is 1.45 bits per heavy atom. The first-order chi connectivity index (χ1) is 9.60. The van der Waals surface area contributed by atoms with Gasteiger partial charge in [0.25, 0.3) is 0 Å². The molecule has 0 aromatic carbocycles. The van der Waals surface area contributed by atoms with Crippen LogP contribution in [0.3, 0.4) is 0 Å². The van der Waals surface area contributed by atoms with Crippen LogP contribution < -0.4 is 10.1 Å². The van der Waals surface area contributed by atoms with Gasteiger partial charge in [-0.05, 0) is 18.9 Å². The van der Waals surface area contributed by atoms with Crippen molar-refractivity contribution < 1.29 is 19.4 Å². The molecule has 1 saturated heterocycles. The summed E-state index contributed by atoms with van der Waals surface area (Å²) in [6.45, 7) is 1.56. The van der Waals surface area contributed by atoms with Crippen molar-refractivity contribution in [3.05, 3.63) is 17.8 Å². The van der Waals surface area contributed by atoms with Gasteiger partial charge in [0, 0.05) is 18.7 Å². The molecule has 1 aliphatic rings. The number of nitrogens with zero attached hydrogens (tertiary/aromatic N) is 2. The van der Waals surface area contributed by atoms with Gasteiger partial charge in [0.1, 0.15) is 0 Å². The Balaban J connectivity index is 2.14. The van der Waals surface area contributed by atoms with Crippen molar-refractivity contribution in [3.63, 3.8) is 0 Å². The average molecular weight is 279 g/mol. The van der Waals surface area contributed by atoms with Crippen molar-refractivity contribution in [1.29, 1.82) is 0 Å². The highest BCUT2D eigenvalue weighted by molar-refractivity contribution is 5.84. The summed E-state index contributed by atoms with van der Waals surface area (Å²) in [4.78, 5) is 28.6. The summed E-state index contributed by atoms with van der Waals surface area (Å²) in [5.74, 6) is 0.351. The summed E-state index contributed by atoms with van der Waals surface area (Å²) in [5, 5.41) is 10.9. The molecule has 1 aromatic rings. The lowest BCUT2D eigenvalue weighted by Crippen LogP contribution is -2.29. The van der Waals surface area contributed by atoms with E-state index in [0.717, 1.165) is 25.9 Å². The summed E-state index contributed by atoms with van der Waals surface area (Å²) >= 11 is 0. The zero-order valence-corrected chi connectivity index (χ0v) is 11.3. The van der Waals surface area contributed by atoms with Gasteiger partial charge in [-0.25, -0.2) is 9.78 Å². The minimum absolute atomic E-state index is 0.00933. The van der Waals surface area contributed by atoms with E-state index in [1.807, 2.05) is 0 Å². The van der Waals surface area contributed by atoms with Crippen LogP contribution >= 0.6 is 0 Å². The first-order valence-electron chi connectivity index (χ1n) is 6.41. The fraction of sp³-hybridized carbons (Fsp3) is 0.462. The number of amides is 2. The number of carbonyl (C=O) groups excluding carboxylic acids is 1. The van der Waals surface area contributed by atoms with Crippen molar-refractivity contribution in [2.24, 2.45) is 0 Å².